The summed E-state index contributed by atoms with van der Waals surface area (Å²) in [6.45, 7) is 6.36. The van der Waals surface area contributed by atoms with E-state index >= 15 is 0 Å². The fraction of sp³-hybridized carbons (Fsp3) is 0.833. The van der Waals surface area contributed by atoms with E-state index in [1.807, 2.05) is 6.08 Å². The summed E-state index contributed by atoms with van der Waals surface area (Å²) in [5.74, 6) is 0.809. The van der Waals surface area contributed by atoms with Gasteiger partial charge in [-0.15, -0.1) is 6.58 Å². The van der Waals surface area contributed by atoms with Crippen molar-refractivity contribution in [3.05, 3.63) is 12.7 Å². The van der Waals surface area contributed by atoms with Crippen LogP contribution in [0.25, 0.3) is 0 Å². The molecular formula is C12H24O. The first kappa shape index (κ1) is 12.7. The molecule has 0 aromatic carbocycles. The Morgan fingerprint density at radius 1 is 1.23 bits per heavy atom. The van der Waals surface area contributed by atoms with Gasteiger partial charge >= 0.3 is 0 Å². The zero-order valence-electron chi connectivity index (χ0n) is 8.97. The molecule has 0 radical (unpaired) electrons. The van der Waals surface area contributed by atoms with E-state index in [-0.39, 0.29) is 0 Å². The second kappa shape index (κ2) is 9.79. The molecule has 1 nitrogen and oxygen atoms in total. The van der Waals surface area contributed by atoms with Gasteiger partial charge in [-0.1, -0.05) is 45.1 Å². The van der Waals surface area contributed by atoms with Gasteiger partial charge in [0.05, 0.1) is 0 Å². The van der Waals surface area contributed by atoms with Crippen LogP contribution in [0.1, 0.15) is 51.9 Å². The molecule has 1 heteroatoms. The van der Waals surface area contributed by atoms with E-state index in [0.29, 0.717) is 6.61 Å². The van der Waals surface area contributed by atoms with E-state index in [1.54, 1.807) is 0 Å². The molecule has 0 rings (SSSR count). The van der Waals surface area contributed by atoms with Crippen molar-refractivity contribution in [3.63, 3.8) is 0 Å². The van der Waals surface area contributed by atoms with Crippen LogP contribution in [0.3, 0.4) is 0 Å². The highest BCUT2D eigenvalue weighted by Gasteiger charge is 2.05. The van der Waals surface area contributed by atoms with Crippen molar-refractivity contribution in [2.24, 2.45) is 5.92 Å². The lowest BCUT2D eigenvalue weighted by Gasteiger charge is -2.13. The zero-order valence-corrected chi connectivity index (χ0v) is 8.97. The van der Waals surface area contributed by atoms with Gasteiger partial charge in [0.2, 0.25) is 0 Å². The maximum Gasteiger partial charge on any atom is 0.0431 e. The van der Waals surface area contributed by atoms with Crippen molar-refractivity contribution < 1.29 is 5.11 Å². The van der Waals surface area contributed by atoms with Gasteiger partial charge in [-0.2, -0.15) is 0 Å². The van der Waals surface area contributed by atoms with Crippen LogP contribution >= 0.6 is 0 Å². The molecule has 78 valence electrons. The van der Waals surface area contributed by atoms with Gasteiger partial charge < -0.3 is 5.11 Å². The quantitative estimate of drug-likeness (QED) is 0.429. The molecule has 0 aliphatic rings. The molecule has 0 saturated carbocycles. The van der Waals surface area contributed by atoms with E-state index in [9.17, 15) is 0 Å². The van der Waals surface area contributed by atoms with Crippen molar-refractivity contribution in [3.8, 4) is 0 Å². The molecule has 1 unspecified atom stereocenters. The minimum Gasteiger partial charge on any atom is -0.396 e. The average Bonchev–Trinajstić information content (AvgIpc) is 2.14. The molecule has 0 spiro atoms. The summed E-state index contributed by atoms with van der Waals surface area (Å²) in [5.41, 5.74) is 0. The third-order valence-corrected chi connectivity index (χ3v) is 2.49. The van der Waals surface area contributed by atoms with Crippen molar-refractivity contribution in [1.82, 2.24) is 0 Å². The first-order chi connectivity index (χ1) is 6.35. The Kier molecular flexibility index (Phi) is 9.56. The average molecular weight is 184 g/mol. The number of rotatable bonds is 9. The standard InChI is InChI=1S/C12H24O/c1-3-5-9-12(8-4-2)10-6-7-11-13/h4,12-13H,2-3,5-11H2,1H3. The second-order valence-corrected chi connectivity index (χ2v) is 3.75. The Morgan fingerprint density at radius 3 is 2.46 bits per heavy atom. The van der Waals surface area contributed by atoms with Crippen LogP contribution in [0.15, 0.2) is 12.7 Å². The van der Waals surface area contributed by atoms with Gasteiger partial charge in [-0.3, -0.25) is 0 Å². The van der Waals surface area contributed by atoms with Crippen LogP contribution in [-0.2, 0) is 0 Å². The fourth-order valence-electron chi connectivity index (χ4n) is 1.65. The molecule has 0 aliphatic heterocycles. The maximum absolute atomic E-state index is 8.66. The van der Waals surface area contributed by atoms with Crippen LogP contribution in [0.4, 0.5) is 0 Å². The van der Waals surface area contributed by atoms with Crippen molar-refractivity contribution >= 4 is 0 Å². The highest BCUT2D eigenvalue weighted by Crippen LogP contribution is 2.19. The maximum atomic E-state index is 8.66. The van der Waals surface area contributed by atoms with Crippen molar-refractivity contribution in [2.75, 3.05) is 6.61 Å². The van der Waals surface area contributed by atoms with E-state index in [2.05, 4.69) is 13.5 Å². The number of allylic oxidation sites excluding steroid dienone is 1. The predicted octanol–water partition coefficient (Wildman–Crippen LogP) is 3.53. The van der Waals surface area contributed by atoms with E-state index < -0.39 is 0 Å². The Morgan fingerprint density at radius 2 is 1.92 bits per heavy atom. The normalized spacial score (nSPS) is 12.8. The number of hydrogen-bond acceptors (Lipinski definition) is 1. The Balaban J connectivity index is 3.47. The van der Waals surface area contributed by atoms with Gasteiger partial charge in [0.1, 0.15) is 0 Å². The zero-order chi connectivity index (χ0) is 9.94. The minimum absolute atomic E-state index is 0.342. The lowest BCUT2D eigenvalue weighted by atomic mass is 9.93. The van der Waals surface area contributed by atoms with Crippen LogP contribution in [0.5, 0.6) is 0 Å². The topological polar surface area (TPSA) is 20.2 Å². The summed E-state index contributed by atoms with van der Waals surface area (Å²) in [6, 6.07) is 0. The third kappa shape index (κ3) is 8.04. The molecule has 0 aliphatic carbocycles. The van der Waals surface area contributed by atoms with Gasteiger partial charge in [-0.25, -0.2) is 0 Å². The van der Waals surface area contributed by atoms with Crippen molar-refractivity contribution in [2.45, 2.75) is 51.9 Å². The minimum atomic E-state index is 0.342. The molecule has 0 amide bonds. The summed E-state index contributed by atoms with van der Waals surface area (Å²) < 4.78 is 0. The molecule has 1 N–H and O–H groups in total. The molecule has 0 heterocycles. The molecule has 0 bridgehead atoms. The fourth-order valence-corrected chi connectivity index (χ4v) is 1.65. The summed E-state index contributed by atoms with van der Waals surface area (Å²) in [6.07, 6.45) is 10.5. The lowest BCUT2D eigenvalue weighted by molar-refractivity contribution is 0.276. The molecule has 13 heavy (non-hydrogen) atoms. The van der Waals surface area contributed by atoms with E-state index in [1.165, 1.54) is 32.1 Å². The molecule has 1 atom stereocenters. The van der Waals surface area contributed by atoms with Gasteiger partial charge in [-0.05, 0) is 18.8 Å². The van der Waals surface area contributed by atoms with Gasteiger partial charge in [0, 0.05) is 6.61 Å². The summed E-state index contributed by atoms with van der Waals surface area (Å²) >= 11 is 0. The number of hydrogen-bond donors (Lipinski definition) is 1. The summed E-state index contributed by atoms with van der Waals surface area (Å²) in [5, 5.41) is 8.66. The highest BCUT2D eigenvalue weighted by atomic mass is 16.2. The highest BCUT2D eigenvalue weighted by molar-refractivity contribution is 4.73. The molecule has 0 aromatic rings. The smallest absolute Gasteiger partial charge is 0.0431 e. The SMILES string of the molecule is C=CCC(CCCC)CCCCO. The molecule has 0 saturated heterocycles. The second-order valence-electron chi connectivity index (χ2n) is 3.75. The van der Waals surface area contributed by atoms with Gasteiger partial charge in [0.15, 0.2) is 0 Å². The monoisotopic (exact) mass is 184 g/mol. The van der Waals surface area contributed by atoms with Crippen LogP contribution in [0, 0.1) is 5.92 Å². The number of unbranched alkanes of at least 4 members (excludes halogenated alkanes) is 2. The van der Waals surface area contributed by atoms with Crippen LogP contribution < -0.4 is 0 Å². The van der Waals surface area contributed by atoms with E-state index in [4.69, 9.17) is 5.11 Å². The van der Waals surface area contributed by atoms with Crippen molar-refractivity contribution in [1.29, 1.82) is 0 Å². The summed E-state index contributed by atoms with van der Waals surface area (Å²) in [4.78, 5) is 0. The Hall–Kier alpha value is -0.300. The number of aliphatic hydroxyl groups excluding tert-OH is 1. The summed E-state index contributed by atoms with van der Waals surface area (Å²) in [7, 11) is 0. The molecule has 0 fully saturated rings. The molecule has 0 aromatic heterocycles. The third-order valence-electron chi connectivity index (χ3n) is 2.49. The number of aliphatic hydroxyl groups is 1. The van der Waals surface area contributed by atoms with Crippen LogP contribution in [-0.4, -0.2) is 11.7 Å². The van der Waals surface area contributed by atoms with E-state index in [0.717, 1.165) is 18.8 Å². The predicted molar refractivity (Wildman–Crippen MR) is 58.8 cm³/mol. The van der Waals surface area contributed by atoms with Crippen LogP contribution in [0.2, 0.25) is 0 Å². The lowest BCUT2D eigenvalue weighted by Crippen LogP contribution is -1.99. The first-order valence-electron chi connectivity index (χ1n) is 5.56. The Labute approximate surface area is 82.9 Å². The first-order valence-corrected chi connectivity index (χ1v) is 5.56. The Bertz CT molecular complexity index is 110. The van der Waals surface area contributed by atoms with Gasteiger partial charge in [0.25, 0.3) is 0 Å². The largest absolute Gasteiger partial charge is 0.396 e. The molecular weight excluding hydrogens is 160 g/mol.